The lowest BCUT2D eigenvalue weighted by Crippen LogP contribution is -2.00. The molecule has 0 saturated carbocycles. The maximum atomic E-state index is 10.2. The molecular weight excluding hydrogens is 168 g/mol. The number of H-pyrrole nitrogens is 1. The van der Waals surface area contributed by atoms with Gasteiger partial charge in [0, 0.05) is 12.6 Å². The summed E-state index contributed by atoms with van der Waals surface area (Å²) < 4.78 is 28.7. The Morgan fingerprint density at radius 2 is 2.45 bits per heavy atom. The third kappa shape index (κ3) is 3.15. The highest BCUT2D eigenvalue weighted by Crippen LogP contribution is 1.99. The van der Waals surface area contributed by atoms with Crippen LogP contribution in [-0.2, 0) is 16.5 Å². The van der Waals surface area contributed by atoms with Crippen molar-refractivity contribution in [2.75, 3.05) is 0 Å². The van der Waals surface area contributed by atoms with Gasteiger partial charge >= 0.3 is 0 Å². The Hall–Kier alpha value is -0.880. The van der Waals surface area contributed by atoms with Crippen LogP contribution in [0.5, 0.6) is 0 Å². The van der Waals surface area contributed by atoms with Crippen molar-refractivity contribution in [3.63, 3.8) is 0 Å². The van der Waals surface area contributed by atoms with Gasteiger partial charge in [-0.25, -0.2) is 4.98 Å². The second kappa shape index (κ2) is 3.02. The summed E-state index contributed by atoms with van der Waals surface area (Å²) in [5, 5.41) is 0. The summed E-state index contributed by atoms with van der Waals surface area (Å²) in [6.45, 7) is 0. The quantitative estimate of drug-likeness (QED) is 0.633. The van der Waals surface area contributed by atoms with Gasteiger partial charge in [0.15, 0.2) is 0 Å². The van der Waals surface area contributed by atoms with Gasteiger partial charge in [0.05, 0.1) is 12.0 Å². The molecule has 0 atom stereocenters. The van der Waals surface area contributed by atoms with Crippen LogP contribution in [-0.4, -0.2) is 22.9 Å². The van der Waals surface area contributed by atoms with E-state index in [4.69, 9.17) is 4.55 Å². The highest BCUT2D eigenvalue weighted by molar-refractivity contribution is 7.87. The van der Waals surface area contributed by atoms with Gasteiger partial charge in [-0.3, -0.25) is 4.55 Å². The molecule has 0 amide bonds. The van der Waals surface area contributed by atoms with E-state index in [9.17, 15) is 8.42 Å². The molecule has 0 aliphatic carbocycles. The van der Waals surface area contributed by atoms with Crippen LogP contribution in [0.4, 0.5) is 0 Å². The molecule has 1 aromatic rings. The normalized spacial score (nSPS) is 11.7. The van der Waals surface area contributed by atoms with Crippen LogP contribution >= 0.6 is 0 Å². The Balaban J connectivity index is 2.48. The molecule has 0 saturated heterocycles. The summed E-state index contributed by atoms with van der Waals surface area (Å²) >= 11 is 0. The van der Waals surface area contributed by atoms with E-state index in [1.165, 1.54) is 6.33 Å². The first kappa shape index (κ1) is 8.22. The maximum Gasteiger partial charge on any atom is 0.269 e. The molecule has 2 N–H and O–H groups in total. The standard InChI is InChI=1S/C5H7N2O3S/c8-11(9,10)2-1-5-3-6-4-7-5/h2-4H,1H2,(H,6,7)(H,8,9,10). The van der Waals surface area contributed by atoms with Crippen molar-refractivity contribution in [3.05, 3.63) is 24.0 Å². The predicted octanol–water partition coefficient (Wildman–Crippen LogP) is 0.00179. The summed E-state index contributed by atoms with van der Waals surface area (Å²) in [7, 11) is -3.98. The molecule has 1 heterocycles. The molecule has 11 heavy (non-hydrogen) atoms. The van der Waals surface area contributed by atoms with Crippen molar-refractivity contribution in [1.29, 1.82) is 0 Å². The fourth-order valence-corrected chi connectivity index (χ4v) is 0.975. The van der Waals surface area contributed by atoms with E-state index in [-0.39, 0.29) is 6.42 Å². The fraction of sp³-hybridized carbons (Fsp3) is 0.200. The second-order valence-electron chi connectivity index (χ2n) is 1.95. The molecule has 1 aromatic heterocycles. The van der Waals surface area contributed by atoms with Crippen LogP contribution in [0.3, 0.4) is 0 Å². The predicted molar refractivity (Wildman–Crippen MR) is 38.1 cm³/mol. The lowest BCUT2D eigenvalue weighted by atomic mass is 10.4. The topological polar surface area (TPSA) is 83.0 Å². The first-order valence-corrected chi connectivity index (χ1v) is 4.36. The third-order valence-electron chi connectivity index (χ3n) is 1.06. The zero-order valence-corrected chi connectivity index (χ0v) is 6.37. The summed E-state index contributed by atoms with van der Waals surface area (Å²) in [5.74, 6) is 0.795. The number of aromatic amines is 1. The van der Waals surface area contributed by atoms with E-state index in [0.29, 0.717) is 5.69 Å². The van der Waals surface area contributed by atoms with E-state index in [0.717, 1.165) is 5.75 Å². The summed E-state index contributed by atoms with van der Waals surface area (Å²) in [5.41, 5.74) is 0.572. The highest BCUT2D eigenvalue weighted by Gasteiger charge is 2.05. The Morgan fingerprint density at radius 3 is 2.91 bits per heavy atom. The molecule has 0 aromatic carbocycles. The Labute approximate surface area is 64.2 Å². The van der Waals surface area contributed by atoms with Crippen molar-refractivity contribution in [1.82, 2.24) is 9.97 Å². The van der Waals surface area contributed by atoms with Crippen LogP contribution in [0, 0.1) is 5.75 Å². The van der Waals surface area contributed by atoms with E-state index in [1.807, 2.05) is 0 Å². The summed E-state index contributed by atoms with van der Waals surface area (Å²) in [6, 6.07) is 0. The number of hydrogen-bond acceptors (Lipinski definition) is 3. The van der Waals surface area contributed by atoms with E-state index >= 15 is 0 Å². The Morgan fingerprint density at radius 1 is 1.73 bits per heavy atom. The second-order valence-corrected chi connectivity index (χ2v) is 3.31. The third-order valence-corrected chi connectivity index (χ3v) is 1.65. The number of aromatic nitrogens is 2. The van der Waals surface area contributed by atoms with Gasteiger partial charge in [-0.2, -0.15) is 8.42 Å². The molecule has 0 aliphatic heterocycles. The monoisotopic (exact) mass is 175 g/mol. The minimum Gasteiger partial charge on any atom is -0.351 e. The van der Waals surface area contributed by atoms with Crippen molar-refractivity contribution < 1.29 is 13.0 Å². The van der Waals surface area contributed by atoms with Crippen LogP contribution in [0.25, 0.3) is 0 Å². The smallest absolute Gasteiger partial charge is 0.269 e. The van der Waals surface area contributed by atoms with Crippen LogP contribution in [0.15, 0.2) is 12.5 Å². The summed E-state index contributed by atoms with van der Waals surface area (Å²) in [4.78, 5) is 6.42. The lowest BCUT2D eigenvalue weighted by Gasteiger charge is -1.91. The molecule has 1 radical (unpaired) electrons. The van der Waals surface area contributed by atoms with Gasteiger partial charge < -0.3 is 4.98 Å². The van der Waals surface area contributed by atoms with Gasteiger partial charge in [0.2, 0.25) is 0 Å². The van der Waals surface area contributed by atoms with E-state index in [1.54, 1.807) is 6.20 Å². The highest BCUT2D eigenvalue weighted by atomic mass is 32.2. The van der Waals surface area contributed by atoms with Crippen molar-refractivity contribution in [2.24, 2.45) is 0 Å². The van der Waals surface area contributed by atoms with Gasteiger partial charge in [-0.05, 0) is 0 Å². The SMILES string of the molecule is O=S(=O)(O)[CH]Cc1c[nH]cn1. The number of nitrogens with one attached hydrogen (secondary N) is 1. The minimum absolute atomic E-state index is 0.113. The Bertz CT molecular complexity index is 302. The van der Waals surface area contributed by atoms with Crippen LogP contribution in [0.2, 0.25) is 0 Å². The van der Waals surface area contributed by atoms with E-state index in [2.05, 4.69) is 9.97 Å². The number of rotatable bonds is 3. The molecule has 0 aliphatic rings. The molecule has 6 heteroatoms. The number of imidazole rings is 1. The van der Waals surface area contributed by atoms with Crippen LogP contribution in [0.1, 0.15) is 5.69 Å². The number of hydrogen-bond donors (Lipinski definition) is 2. The van der Waals surface area contributed by atoms with Gasteiger partial charge in [0.25, 0.3) is 10.1 Å². The van der Waals surface area contributed by atoms with E-state index < -0.39 is 10.1 Å². The molecule has 0 fully saturated rings. The minimum atomic E-state index is -3.98. The van der Waals surface area contributed by atoms with Gasteiger partial charge in [-0.1, -0.05) is 0 Å². The zero-order chi connectivity index (χ0) is 8.32. The molecule has 61 valence electrons. The fourth-order valence-electron chi connectivity index (χ4n) is 0.593. The average molecular weight is 175 g/mol. The molecule has 0 spiro atoms. The molecular formula is C5H7N2O3S. The van der Waals surface area contributed by atoms with Crippen LogP contribution < -0.4 is 0 Å². The van der Waals surface area contributed by atoms with Gasteiger partial charge in [-0.15, -0.1) is 0 Å². The van der Waals surface area contributed by atoms with Crippen molar-refractivity contribution in [3.8, 4) is 0 Å². The molecule has 0 unspecified atom stereocenters. The molecule has 1 rings (SSSR count). The lowest BCUT2D eigenvalue weighted by molar-refractivity contribution is 0.489. The first-order valence-electron chi connectivity index (χ1n) is 2.86. The van der Waals surface area contributed by atoms with Gasteiger partial charge in [0.1, 0.15) is 5.75 Å². The largest absolute Gasteiger partial charge is 0.351 e. The molecule has 5 nitrogen and oxygen atoms in total. The summed E-state index contributed by atoms with van der Waals surface area (Å²) in [6.07, 6.45) is 3.11. The zero-order valence-electron chi connectivity index (χ0n) is 5.56. The van der Waals surface area contributed by atoms with Crippen molar-refractivity contribution >= 4 is 10.1 Å². The van der Waals surface area contributed by atoms with Crippen molar-refractivity contribution in [2.45, 2.75) is 6.42 Å². The maximum absolute atomic E-state index is 10.2. The molecule has 0 bridgehead atoms. The Kier molecular flexibility index (Phi) is 2.25. The number of nitrogens with zero attached hydrogens (tertiary/aromatic N) is 1. The first-order chi connectivity index (χ1) is 5.08. The average Bonchev–Trinajstić information content (AvgIpc) is 2.32.